The predicted molar refractivity (Wildman–Crippen MR) is 53.7 cm³/mol. The lowest BCUT2D eigenvalue weighted by atomic mass is 9.89. The van der Waals surface area contributed by atoms with Crippen molar-refractivity contribution in [2.24, 2.45) is 10.9 Å². The standard InChI is InChI=1S/C11H13NO/c1-7(2)10-8-5-3-4-6-9(8)12-11(10)13/h3-7,10H,1-2H3,(H,12,13). The van der Waals surface area contributed by atoms with Gasteiger partial charge in [-0.25, -0.2) is 4.99 Å². The average Bonchev–Trinajstić information content (AvgIpc) is 2.39. The average molecular weight is 175 g/mol. The molecule has 1 aliphatic heterocycles. The first kappa shape index (κ1) is 8.30. The van der Waals surface area contributed by atoms with Crippen molar-refractivity contribution >= 4 is 11.6 Å². The highest BCUT2D eigenvalue weighted by molar-refractivity contribution is 5.91. The van der Waals surface area contributed by atoms with Crippen LogP contribution >= 0.6 is 0 Å². The van der Waals surface area contributed by atoms with Crippen LogP contribution in [0.15, 0.2) is 29.3 Å². The van der Waals surface area contributed by atoms with E-state index in [-0.39, 0.29) is 11.8 Å². The number of benzene rings is 1. The van der Waals surface area contributed by atoms with Crippen LogP contribution in [0, 0.1) is 5.92 Å². The Morgan fingerprint density at radius 2 is 2.00 bits per heavy atom. The van der Waals surface area contributed by atoms with E-state index >= 15 is 0 Å². The normalized spacial score (nSPS) is 20.2. The van der Waals surface area contributed by atoms with Crippen molar-refractivity contribution in [3.8, 4) is 0 Å². The molecule has 2 nitrogen and oxygen atoms in total. The molecule has 1 atom stereocenters. The molecule has 0 radical (unpaired) electrons. The minimum atomic E-state index is 0.0937. The molecule has 0 amide bonds. The van der Waals surface area contributed by atoms with Crippen molar-refractivity contribution < 1.29 is 5.11 Å². The van der Waals surface area contributed by atoms with E-state index in [0.29, 0.717) is 5.92 Å². The molecular formula is C11H13NO. The second kappa shape index (κ2) is 2.87. The zero-order valence-corrected chi connectivity index (χ0v) is 7.86. The van der Waals surface area contributed by atoms with Crippen LogP contribution in [0.4, 0.5) is 5.69 Å². The van der Waals surface area contributed by atoms with Gasteiger partial charge in [-0.3, -0.25) is 0 Å². The molecule has 2 rings (SSSR count). The minimum Gasteiger partial charge on any atom is -0.496 e. The van der Waals surface area contributed by atoms with Gasteiger partial charge < -0.3 is 5.11 Å². The molecule has 0 saturated carbocycles. The molecule has 0 aliphatic carbocycles. The molecule has 13 heavy (non-hydrogen) atoms. The molecule has 2 heteroatoms. The highest BCUT2D eigenvalue weighted by Crippen LogP contribution is 2.38. The van der Waals surface area contributed by atoms with Crippen LogP contribution in [-0.2, 0) is 0 Å². The van der Waals surface area contributed by atoms with Crippen molar-refractivity contribution in [3.05, 3.63) is 29.8 Å². The molecule has 1 N–H and O–H groups in total. The molecule has 1 aromatic rings. The largest absolute Gasteiger partial charge is 0.496 e. The van der Waals surface area contributed by atoms with E-state index in [1.54, 1.807) is 0 Å². The second-order valence-corrected chi connectivity index (χ2v) is 3.75. The molecule has 1 aromatic carbocycles. The van der Waals surface area contributed by atoms with E-state index in [0.717, 1.165) is 11.3 Å². The summed E-state index contributed by atoms with van der Waals surface area (Å²) in [6.07, 6.45) is 0. The zero-order valence-electron chi connectivity index (χ0n) is 7.86. The number of aliphatic imine (C=N–C) groups is 1. The summed E-state index contributed by atoms with van der Waals surface area (Å²) in [5.74, 6) is 0.750. The monoisotopic (exact) mass is 175 g/mol. The molecule has 0 aromatic heterocycles. The molecule has 0 spiro atoms. The quantitative estimate of drug-likeness (QED) is 0.699. The van der Waals surface area contributed by atoms with Gasteiger partial charge in [-0.1, -0.05) is 32.0 Å². The van der Waals surface area contributed by atoms with Crippen molar-refractivity contribution in [2.75, 3.05) is 0 Å². The van der Waals surface area contributed by atoms with Gasteiger partial charge in [0.05, 0.1) is 11.6 Å². The van der Waals surface area contributed by atoms with Gasteiger partial charge in [-0.15, -0.1) is 0 Å². The summed E-state index contributed by atoms with van der Waals surface area (Å²) in [4.78, 5) is 4.13. The number of nitrogens with zero attached hydrogens (tertiary/aromatic N) is 1. The number of aliphatic hydroxyl groups excluding tert-OH is 1. The van der Waals surface area contributed by atoms with Gasteiger partial charge in [-0.2, -0.15) is 0 Å². The van der Waals surface area contributed by atoms with Crippen LogP contribution in [0.5, 0.6) is 0 Å². The van der Waals surface area contributed by atoms with Crippen molar-refractivity contribution in [1.29, 1.82) is 0 Å². The SMILES string of the molecule is CC(C)C1C(O)=Nc2ccccc21. The number of fused-ring (bicyclic) bond motifs is 1. The first-order valence-corrected chi connectivity index (χ1v) is 4.56. The Kier molecular flexibility index (Phi) is 1.83. The van der Waals surface area contributed by atoms with Crippen molar-refractivity contribution in [1.82, 2.24) is 0 Å². The number of aliphatic hydroxyl groups is 1. The Balaban J connectivity index is 2.49. The highest BCUT2D eigenvalue weighted by Gasteiger charge is 2.28. The molecule has 1 unspecified atom stereocenters. The third-order valence-corrected chi connectivity index (χ3v) is 2.45. The fourth-order valence-electron chi connectivity index (χ4n) is 1.84. The van der Waals surface area contributed by atoms with E-state index in [1.807, 2.05) is 24.3 Å². The number of rotatable bonds is 1. The summed E-state index contributed by atoms with van der Waals surface area (Å²) >= 11 is 0. The van der Waals surface area contributed by atoms with Crippen LogP contribution in [-0.4, -0.2) is 11.0 Å². The Hall–Kier alpha value is -1.31. The zero-order chi connectivity index (χ0) is 9.42. The number of hydrogen-bond acceptors (Lipinski definition) is 1. The van der Waals surface area contributed by atoms with Crippen LogP contribution in [0.1, 0.15) is 25.3 Å². The summed E-state index contributed by atoms with van der Waals surface area (Å²) in [7, 11) is 0. The highest BCUT2D eigenvalue weighted by atomic mass is 16.3. The molecule has 1 heterocycles. The second-order valence-electron chi connectivity index (χ2n) is 3.75. The molecular weight excluding hydrogens is 162 g/mol. The maximum absolute atomic E-state index is 9.63. The first-order chi connectivity index (χ1) is 6.20. The molecule has 0 bridgehead atoms. The van der Waals surface area contributed by atoms with E-state index in [1.165, 1.54) is 0 Å². The topological polar surface area (TPSA) is 32.6 Å². The van der Waals surface area contributed by atoms with Gasteiger partial charge in [0.1, 0.15) is 0 Å². The van der Waals surface area contributed by atoms with Gasteiger partial charge in [0, 0.05) is 0 Å². The summed E-state index contributed by atoms with van der Waals surface area (Å²) < 4.78 is 0. The van der Waals surface area contributed by atoms with E-state index in [9.17, 15) is 5.11 Å². The fourth-order valence-corrected chi connectivity index (χ4v) is 1.84. The van der Waals surface area contributed by atoms with Crippen molar-refractivity contribution in [3.63, 3.8) is 0 Å². The fraction of sp³-hybridized carbons (Fsp3) is 0.364. The number of hydrogen-bond donors (Lipinski definition) is 1. The third kappa shape index (κ3) is 1.22. The molecule has 0 saturated heterocycles. The molecule has 1 aliphatic rings. The Bertz CT molecular complexity index is 355. The summed E-state index contributed by atoms with van der Waals surface area (Å²) in [5.41, 5.74) is 2.06. The summed E-state index contributed by atoms with van der Waals surface area (Å²) in [6.45, 7) is 4.19. The van der Waals surface area contributed by atoms with Crippen LogP contribution < -0.4 is 0 Å². The van der Waals surface area contributed by atoms with Gasteiger partial charge in [0.15, 0.2) is 5.90 Å². The minimum absolute atomic E-state index is 0.0937. The first-order valence-electron chi connectivity index (χ1n) is 4.56. The molecule has 0 fully saturated rings. The summed E-state index contributed by atoms with van der Waals surface area (Å²) in [5, 5.41) is 9.63. The lowest BCUT2D eigenvalue weighted by molar-refractivity contribution is 0.477. The van der Waals surface area contributed by atoms with Crippen LogP contribution in [0.25, 0.3) is 0 Å². The van der Waals surface area contributed by atoms with Crippen LogP contribution in [0.3, 0.4) is 0 Å². The third-order valence-electron chi connectivity index (χ3n) is 2.45. The van der Waals surface area contributed by atoms with E-state index in [2.05, 4.69) is 18.8 Å². The maximum atomic E-state index is 9.63. The van der Waals surface area contributed by atoms with Crippen molar-refractivity contribution in [2.45, 2.75) is 19.8 Å². The predicted octanol–water partition coefficient (Wildman–Crippen LogP) is 3.03. The van der Waals surface area contributed by atoms with Gasteiger partial charge in [-0.05, 0) is 17.5 Å². The van der Waals surface area contributed by atoms with Gasteiger partial charge >= 0.3 is 0 Å². The van der Waals surface area contributed by atoms with Gasteiger partial charge in [0.25, 0.3) is 0 Å². The lowest BCUT2D eigenvalue weighted by Crippen LogP contribution is -2.13. The number of para-hydroxylation sites is 1. The Morgan fingerprint density at radius 1 is 1.31 bits per heavy atom. The van der Waals surface area contributed by atoms with Crippen LogP contribution in [0.2, 0.25) is 0 Å². The van der Waals surface area contributed by atoms with E-state index < -0.39 is 0 Å². The Labute approximate surface area is 77.9 Å². The smallest absolute Gasteiger partial charge is 0.194 e. The Morgan fingerprint density at radius 3 is 2.69 bits per heavy atom. The van der Waals surface area contributed by atoms with E-state index in [4.69, 9.17) is 0 Å². The molecule has 68 valence electrons. The summed E-state index contributed by atoms with van der Waals surface area (Å²) in [6, 6.07) is 7.90. The maximum Gasteiger partial charge on any atom is 0.194 e. The lowest BCUT2D eigenvalue weighted by Gasteiger charge is -2.14. The van der Waals surface area contributed by atoms with Gasteiger partial charge in [0.2, 0.25) is 0 Å².